The van der Waals surface area contributed by atoms with E-state index in [0.717, 1.165) is 9.78 Å². The Hall–Kier alpha value is -4.35. The molecule has 7 nitrogen and oxygen atoms in total. The highest BCUT2D eigenvalue weighted by Gasteiger charge is 2.50. The Bertz CT molecular complexity index is 2170. The van der Waals surface area contributed by atoms with Gasteiger partial charge >= 0.3 is 5.51 Å². The molecule has 0 N–H and O–H groups in total. The number of methoxy groups -OCH3 is 3. The van der Waals surface area contributed by atoms with E-state index in [0.29, 0.717) is 17.2 Å². The van der Waals surface area contributed by atoms with Crippen LogP contribution in [0.4, 0.5) is 13.2 Å². The van der Waals surface area contributed by atoms with Crippen molar-refractivity contribution in [1.29, 1.82) is 0 Å². The zero-order valence-electron chi connectivity index (χ0n) is 27.3. The van der Waals surface area contributed by atoms with Crippen LogP contribution in [0.3, 0.4) is 0 Å². The number of rotatable bonds is 8. The number of halogens is 4. The molecular formula is C37H32BrF3NO6PS. The lowest BCUT2D eigenvalue weighted by molar-refractivity contribution is -0.0517. The van der Waals surface area contributed by atoms with Crippen molar-refractivity contribution in [3.05, 3.63) is 126 Å². The molecule has 0 aliphatic carbocycles. The molecule has 0 bridgehead atoms. The molecule has 0 amide bonds. The third-order valence-corrected chi connectivity index (χ3v) is 13.5. The Kier molecular flexibility index (Phi) is 11.0. The Labute approximate surface area is 297 Å². The summed E-state index contributed by atoms with van der Waals surface area (Å²) < 4.78 is 79.7. The first-order valence-electron chi connectivity index (χ1n) is 15.0. The van der Waals surface area contributed by atoms with Crippen molar-refractivity contribution in [1.82, 2.24) is 4.57 Å². The summed E-state index contributed by atoms with van der Waals surface area (Å²) >= 11 is 3.72. The molecule has 1 aromatic heterocycles. The topological polar surface area (TPSA) is 89.8 Å². The van der Waals surface area contributed by atoms with Crippen LogP contribution in [0.15, 0.2) is 126 Å². The quantitative estimate of drug-likeness (QED) is 0.0915. The van der Waals surface area contributed by atoms with Crippen LogP contribution < -0.4 is 35.4 Å². The van der Waals surface area contributed by atoms with Crippen LogP contribution >= 0.6 is 23.2 Å². The molecule has 6 rings (SSSR count). The average Bonchev–Trinajstić information content (AvgIpc) is 3.43. The molecule has 1 heterocycles. The van der Waals surface area contributed by atoms with Crippen molar-refractivity contribution >= 4 is 65.4 Å². The van der Waals surface area contributed by atoms with Crippen LogP contribution in [0, 0.1) is 0 Å². The average molecular weight is 787 g/mol. The van der Waals surface area contributed by atoms with Crippen molar-refractivity contribution in [2.45, 2.75) is 5.51 Å². The van der Waals surface area contributed by atoms with Gasteiger partial charge in [-0.3, -0.25) is 0 Å². The molecule has 0 fully saturated rings. The Morgan fingerprint density at radius 1 is 0.700 bits per heavy atom. The van der Waals surface area contributed by atoms with Crippen LogP contribution in [0.5, 0.6) is 17.2 Å². The number of fused-ring (bicyclic) bond motifs is 1. The van der Waals surface area contributed by atoms with Crippen molar-refractivity contribution in [3.8, 4) is 28.4 Å². The highest BCUT2D eigenvalue weighted by atomic mass is 79.9. The highest BCUT2D eigenvalue weighted by molar-refractivity contribution is 9.10. The number of hydrogen-bond acceptors (Lipinski definition) is 6. The lowest BCUT2D eigenvalue weighted by Gasteiger charge is -2.30. The van der Waals surface area contributed by atoms with Gasteiger partial charge in [0, 0.05) is 51.9 Å². The fourth-order valence-corrected chi connectivity index (χ4v) is 10.8. The summed E-state index contributed by atoms with van der Waals surface area (Å²) in [5, 5.41) is 6.04. The second kappa shape index (κ2) is 14.9. The molecule has 0 saturated heterocycles. The number of hydrogen-bond donors (Lipinski definition) is 0. The van der Waals surface area contributed by atoms with E-state index < -0.39 is 22.9 Å². The van der Waals surface area contributed by atoms with Gasteiger partial charge in [0.15, 0.2) is 21.6 Å². The van der Waals surface area contributed by atoms with Gasteiger partial charge in [-0.2, -0.15) is 13.2 Å². The molecule has 0 aliphatic rings. The predicted octanol–water partition coefficient (Wildman–Crippen LogP) is 7.30. The van der Waals surface area contributed by atoms with E-state index in [4.69, 9.17) is 27.2 Å². The summed E-state index contributed by atoms with van der Waals surface area (Å²) in [7, 11) is -1.52. The van der Waals surface area contributed by atoms with Gasteiger partial charge in [-0.25, -0.2) is 8.42 Å². The zero-order chi connectivity index (χ0) is 36.3. The molecule has 5 aromatic carbocycles. The summed E-state index contributed by atoms with van der Waals surface area (Å²) in [6.45, 7) is 0. The maximum absolute atomic E-state index is 10.7. The molecule has 0 aliphatic heterocycles. The maximum Gasteiger partial charge on any atom is 0.485 e. The summed E-state index contributed by atoms with van der Waals surface area (Å²) in [4.78, 5) is 0. The minimum Gasteiger partial charge on any atom is -0.741 e. The molecule has 0 saturated carbocycles. The van der Waals surface area contributed by atoms with E-state index >= 15 is 0 Å². The van der Waals surface area contributed by atoms with Gasteiger partial charge in [0.1, 0.15) is 28.5 Å². The molecule has 13 heteroatoms. The second-order valence-electron chi connectivity index (χ2n) is 11.0. The normalized spacial score (nSPS) is 11.9. The van der Waals surface area contributed by atoms with Crippen molar-refractivity contribution in [3.63, 3.8) is 0 Å². The SMILES string of the molecule is COc1cc([P+](c2ccccc2)(c2ccccc2)c2ccccc2-c2cn(C)c3ccc(Br)cc23)cc(OC)c1OC.O=S(=O)([O-])C(F)(F)F. The minimum absolute atomic E-state index is 0.579. The molecular weight excluding hydrogens is 754 g/mol. The fourth-order valence-electron chi connectivity index (χ4n) is 6.00. The number of ether oxygens (including phenoxy) is 3. The van der Waals surface area contributed by atoms with E-state index in [2.05, 4.69) is 149 Å². The van der Waals surface area contributed by atoms with Gasteiger partial charge in [0.05, 0.1) is 21.3 Å². The van der Waals surface area contributed by atoms with Crippen molar-refractivity contribution in [2.75, 3.05) is 21.3 Å². The number of benzene rings is 5. The number of aryl methyl sites for hydroxylation is 1. The molecule has 260 valence electrons. The first-order chi connectivity index (χ1) is 23.8. The minimum atomic E-state index is -6.09. The van der Waals surface area contributed by atoms with Gasteiger partial charge in [-0.15, -0.1) is 0 Å². The Morgan fingerprint density at radius 3 is 1.68 bits per heavy atom. The van der Waals surface area contributed by atoms with Gasteiger partial charge < -0.3 is 23.3 Å². The van der Waals surface area contributed by atoms with Gasteiger partial charge in [0.2, 0.25) is 5.75 Å². The van der Waals surface area contributed by atoms with E-state index in [1.165, 1.54) is 37.9 Å². The zero-order valence-corrected chi connectivity index (χ0v) is 30.6. The van der Waals surface area contributed by atoms with E-state index in [1.54, 1.807) is 21.3 Å². The Balaban J connectivity index is 0.000000544. The maximum atomic E-state index is 10.7. The summed E-state index contributed by atoms with van der Waals surface area (Å²) in [6.07, 6.45) is 2.25. The van der Waals surface area contributed by atoms with Crippen molar-refractivity contribution < 1.29 is 40.4 Å². The van der Waals surface area contributed by atoms with E-state index in [1.807, 2.05) is 0 Å². The third-order valence-electron chi connectivity index (χ3n) is 8.11. The standard InChI is InChI=1S/C36H32BrNO3P.CHF3O3S/c1-38-24-31(30-21-25(37)19-20-32(30)38)29-17-11-12-18-35(29)42(26-13-7-5-8-14-26,27-15-9-6-10-16-27)28-22-33(39-2)36(41-4)34(23-28)40-3;2-1(3,4)8(5,6)7/h5-24H,1-4H3;(H,5,6,7)/q+1;/p-1. The molecule has 0 radical (unpaired) electrons. The van der Waals surface area contributed by atoms with E-state index in [9.17, 15) is 13.2 Å². The van der Waals surface area contributed by atoms with Gasteiger partial charge in [-0.05, 0) is 48.5 Å². The Morgan fingerprint density at radius 2 is 1.20 bits per heavy atom. The number of alkyl halides is 3. The largest absolute Gasteiger partial charge is 0.741 e. The van der Waals surface area contributed by atoms with Crippen LogP contribution in [0.2, 0.25) is 0 Å². The predicted molar refractivity (Wildman–Crippen MR) is 196 cm³/mol. The van der Waals surface area contributed by atoms with Crippen molar-refractivity contribution in [2.24, 2.45) is 7.05 Å². The van der Waals surface area contributed by atoms with Crippen LogP contribution in [0.1, 0.15) is 0 Å². The number of aromatic nitrogens is 1. The fraction of sp³-hybridized carbons (Fsp3) is 0.135. The molecule has 0 unspecified atom stereocenters. The second-order valence-corrected chi connectivity index (χ2v) is 16.6. The summed E-state index contributed by atoms with van der Waals surface area (Å²) in [6, 6.07) is 41.2. The molecule has 0 atom stereocenters. The van der Waals surface area contributed by atoms with E-state index in [-0.39, 0.29) is 0 Å². The third kappa shape index (κ3) is 6.98. The summed E-state index contributed by atoms with van der Waals surface area (Å²) in [5.74, 6) is 1.85. The smallest absolute Gasteiger partial charge is 0.485 e. The van der Waals surface area contributed by atoms with Crippen LogP contribution in [-0.4, -0.2) is 44.4 Å². The summed E-state index contributed by atoms with van der Waals surface area (Å²) in [5.41, 5.74) is -2.09. The van der Waals surface area contributed by atoms with Gasteiger partial charge in [-0.1, -0.05) is 70.5 Å². The molecule has 0 spiro atoms. The van der Waals surface area contributed by atoms with Crippen LogP contribution in [-0.2, 0) is 17.2 Å². The first kappa shape index (κ1) is 36.9. The lowest BCUT2D eigenvalue weighted by atomic mass is 10.0. The first-order valence-corrected chi connectivity index (χ1v) is 18.9. The lowest BCUT2D eigenvalue weighted by Crippen LogP contribution is -2.39. The number of nitrogens with zero attached hydrogens (tertiary/aromatic N) is 1. The van der Waals surface area contributed by atoms with Gasteiger partial charge in [0.25, 0.3) is 0 Å². The molecule has 6 aromatic rings. The monoisotopic (exact) mass is 785 g/mol. The highest BCUT2D eigenvalue weighted by Crippen LogP contribution is 2.58. The van der Waals surface area contributed by atoms with Crippen LogP contribution in [0.25, 0.3) is 22.0 Å². The molecule has 50 heavy (non-hydrogen) atoms.